The summed E-state index contributed by atoms with van der Waals surface area (Å²) in [5, 5.41) is 12.3. The molecule has 0 fully saturated rings. The van der Waals surface area contributed by atoms with Crippen LogP contribution in [0, 0.1) is 10.1 Å². The van der Waals surface area contributed by atoms with Crippen LogP contribution in [0.2, 0.25) is 0 Å². The largest absolute Gasteiger partial charge is 0.478 e. The lowest BCUT2D eigenvalue weighted by atomic mass is 9.83. The number of nitro benzene ring substituents is 1. The van der Waals surface area contributed by atoms with E-state index in [2.05, 4.69) is 0 Å². The van der Waals surface area contributed by atoms with Gasteiger partial charge in [-0.2, -0.15) is 0 Å². The van der Waals surface area contributed by atoms with Gasteiger partial charge in [-0.3, -0.25) is 10.1 Å². The Bertz CT molecular complexity index is 1220. The Morgan fingerprint density at radius 1 is 1.16 bits per heavy atom. The third kappa shape index (κ3) is 2.67. The Balaban J connectivity index is 1.82. The van der Waals surface area contributed by atoms with E-state index in [0.717, 1.165) is 10.9 Å². The number of aromatic nitrogens is 1. The van der Waals surface area contributed by atoms with Gasteiger partial charge in [0.15, 0.2) is 11.7 Å². The summed E-state index contributed by atoms with van der Waals surface area (Å²) in [6, 6.07) is 13.2. The number of ether oxygens (including phenoxy) is 4. The summed E-state index contributed by atoms with van der Waals surface area (Å²) >= 11 is 0. The Morgan fingerprint density at radius 3 is 2.61 bits per heavy atom. The molecule has 2 aliphatic heterocycles. The highest BCUT2D eigenvalue weighted by molar-refractivity contribution is 5.97. The van der Waals surface area contributed by atoms with E-state index < -0.39 is 34.9 Å². The van der Waals surface area contributed by atoms with Crippen molar-refractivity contribution in [1.82, 2.24) is 4.57 Å². The SMILES string of the molecule is COC(OC)[C@@]1(C)Oc2ccc([N+](=O)[O-])cc2[C@H]2[C@H]1OC(=O)c1cc3ccccc3n12. The van der Waals surface area contributed by atoms with Crippen LogP contribution in [0.5, 0.6) is 5.75 Å². The first kappa shape index (κ1) is 19.5. The fraction of sp³-hybridized carbons (Fsp3) is 0.318. The lowest BCUT2D eigenvalue weighted by Crippen LogP contribution is -2.63. The highest BCUT2D eigenvalue weighted by Gasteiger charge is 2.58. The van der Waals surface area contributed by atoms with Crippen LogP contribution in [0.4, 0.5) is 5.69 Å². The molecule has 0 saturated heterocycles. The Kier molecular flexibility index (Phi) is 4.28. The van der Waals surface area contributed by atoms with Crippen molar-refractivity contribution in [3.8, 4) is 5.75 Å². The van der Waals surface area contributed by atoms with Crippen molar-refractivity contribution in [3.63, 3.8) is 0 Å². The van der Waals surface area contributed by atoms with Crippen LogP contribution in [-0.2, 0) is 14.2 Å². The topological polar surface area (TPSA) is 102 Å². The van der Waals surface area contributed by atoms with Gasteiger partial charge < -0.3 is 23.5 Å². The third-order valence-electron chi connectivity index (χ3n) is 6.07. The molecule has 0 aliphatic carbocycles. The van der Waals surface area contributed by atoms with E-state index in [4.69, 9.17) is 18.9 Å². The summed E-state index contributed by atoms with van der Waals surface area (Å²) in [5.41, 5.74) is 0.455. The van der Waals surface area contributed by atoms with Gasteiger partial charge >= 0.3 is 5.97 Å². The number of carbonyl (C=O) groups excluding carboxylic acids is 1. The zero-order valence-corrected chi connectivity index (χ0v) is 17.1. The maximum atomic E-state index is 13.0. The van der Waals surface area contributed by atoms with Gasteiger partial charge in [0.25, 0.3) is 5.69 Å². The van der Waals surface area contributed by atoms with E-state index >= 15 is 0 Å². The standard InChI is InChI=1S/C22H20N2O7/c1-22(21(28-2)29-3)19-18(14-11-13(24(26)27)8-9-17(14)31-22)23-15-7-5-4-6-12(15)10-16(23)20(25)30-19/h4-11,18-19,21H,1-3H3/t18-,19+,22-/m0/s1. The van der Waals surface area contributed by atoms with E-state index in [-0.39, 0.29) is 5.69 Å². The zero-order chi connectivity index (χ0) is 21.9. The van der Waals surface area contributed by atoms with Gasteiger partial charge in [-0.15, -0.1) is 0 Å². The molecule has 1 aromatic heterocycles. The van der Waals surface area contributed by atoms with Crippen molar-refractivity contribution in [2.45, 2.75) is 31.0 Å². The van der Waals surface area contributed by atoms with Gasteiger partial charge in [-0.25, -0.2) is 4.79 Å². The van der Waals surface area contributed by atoms with E-state index in [9.17, 15) is 14.9 Å². The molecule has 9 nitrogen and oxygen atoms in total. The molecule has 2 aliphatic rings. The summed E-state index contributed by atoms with van der Waals surface area (Å²) in [4.78, 5) is 24.0. The van der Waals surface area contributed by atoms with Gasteiger partial charge in [0, 0.05) is 42.8 Å². The van der Waals surface area contributed by atoms with Crippen molar-refractivity contribution in [1.29, 1.82) is 0 Å². The number of benzene rings is 2. The Labute approximate surface area is 177 Å². The number of fused-ring (bicyclic) bond motifs is 7. The zero-order valence-electron chi connectivity index (χ0n) is 17.1. The minimum atomic E-state index is -1.21. The maximum absolute atomic E-state index is 13.0. The molecule has 3 heterocycles. The van der Waals surface area contributed by atoms with Gasteiger partial charge in [0.1, 0.15) is 17.5 Å². The normalized spacial score (nSPS) is 24.2. The molecule has 0 saturated carbocycles. The molecule has 5 rings (SSSR count). The van der Waals surface area contributed by atoms with Crippen LogP contribution in [0.1, 0.15) is 29.0 Å². The van der Waals surface area contributed by atoms with E-state index in [0.29, 0.717) is 17.0 Å². The molecular weight excluding hydrogens is 404 g/mol. The molecule has 0 spiro atoms. The lowest BCUT2D eigenvalue weighted by Gasteiger charge is -2.50. The molecule has 160 valence electrons. The summed E-state index contributed by atoms with van der Waals surface area (Å²) in [5.74, 6) is -0.0674. The molecular formula is C22H20N2O7. The quantitative estimate of drug-likeness (QED) is 0.274. The van der Waals surface area contributed by atoms with Crippen molar-refractivity contribution >= 4 is 22.6 Å². The molecule has 31 heavy (non-hydrogen) atoms. The molecule has 3 atom stereocenters. The van der Waals surface area contributed by atoms with Crippen molar-refractivity contribution in [3.05, 3.63) is 69.9 Å². The number of para-hydroxylation sites is 1. The summed E-state index contributed by atoms with van der Waals surface area (Å²) < 4.78 is 25.0. The number of esters is 1. The molecule has 9 heteroatoms. The van der Waals surface area contributed by atoms with Gasteiger partial charge in [-0.05, 0) is 25.1 Å². The third-order valence-corrected chi connectivity index (χ3v) is 6.07. The second kappa shape index (κ2) is 6.79. The summed E-state index contributed by atoms with van der Waals surface area (Å²) in [6.07, 6.45) is -1.72. The minimum absolute atomic E-state index is 0.0744. The fourth-order valence-corrected chi connectivity index (χ4v) is 4.76. The number of non-ortho nitro benzene ring substituents is 1. The first-order chi connectivity index (χ1) is 14.9. The number of nitro groups is 1. The van der Waals surface area contributed by atoms with Crippen molar-refractivity contribution in [2.24, 2.45) is 0 Å². The van der Waals surface area contributed by atoms with E-state index in [1.807, 2.05) is 28.8 Å². The van der Waals surface area contributed by atoms with Crippen LogP contribution in [0.3, 0.4) is 0 Å². The van der Waals surface area contributed by atoms with Crippen LogP contribution >= 0.6 is 0 Å². The first-order valence-corrected chi connectivity index (χ1v) is 9.73. The first-order valence-electron chi connectivity index (χ1n) is 9.73. The van der Waals surface area contributed by atoms with Crippen LogP contribution in [0.25, 0.3) is 10.9 Å². The van der Waals surface area contributed by atoms with Gasteiger partial charge in [0.05, 0.1) is 4.92 Å². The number of carbonyl (C=O) groups is 1. The van der Waals surface area contributed by atoms with Gasteiger partial charge in [-0.1, -0.05) is 18.2 Å². The monoisotopic (exact) mass is 424 g/mol. The van der Waals surface area contributed by atoms with Crippen LogP contribution in [-0.4, -0.2) is 47.7 Å². The average molecular weight is 424 g/mol. The molecule has 0 N–H and O–H groups in total. The number of nitrogens with zero attached hydrogens (tertiary/aromatic N) is 2. The molecule has 0 radical (unpaired) electrons. The summed E-state index contributed by atoms with van der Waals surface area (Å²) in [7, 11) is 2.95. The van der Waals surface area contributed by atoms with E-state index in [1.165, 1.54) is 26.4 Å². The second-order valence-electron chi connectivity index (χ2n) is 7.80. The molecule has 3 aromatic rings. The lowest BCUT2D eigenvalue weighted by molar-refractivity contribution is -0.385. The van der Waals surface area contributed by atoms with E-state index in [1.54, 1.807) is 19.1 Å². The van der Waals surface area contributed by atoms with Crippen molar-refractivity contribution in [2.75, 3.05) is 14.2 Å². The molecule has 0 unspecified atom stereocenters. The van der Waals surface area contributed by atoms with Crippen molar-refractivity contribution < 1.29 is 28.7 Å². The average Bonchev–Trinajstić information content (AvgIpc) is 3.15. The van der Waals surface area contributed by atoms with Gasteiger partial charge in [0.2, 0.25) is 6.29 Å². The smallest absolute Gasteiger partial charge is 0.355 e. The highest BCUT2D eigenvalue weighted by atomic mass is 16.7. The van der Waals surface area contributed by atoms with Crippen LogP contribution < -0.4 is 4.74 Å². The highest BCUT2D eigenvalue weighted by Crippen LogP contribution is 2.50. The minimum Gasteiger partial charge on any atom is -0.478 e. The Hall–Kier alpha value is -3.43. The second-order valence-corrected chi connectivity index (χ2v) is 7.80. The Morgan fingerprint density at radius 2 is 1.90 bits per heavy atom. The predicted molar refractivity (Wildman–Crippen MR) is 109 cm³/mol. The molecule has 0 bridgehead atoms. The molecule has 2 aromatic carbocycles. The van der Waals surface area contributed by atoms with Crippen LogP contribution in [0.15, 0.2) is 48.5 Å². The summed E-state index contributed by atoms with van der Waals surface area (Å²) in [6.45, 7) is 1.75. The number of rotatable bonds is 4. The number of hydrogen-bond acceptors (Lipinski definition) is 7. The number of hydrogen-bond donors (Lipinski definition) is 0. The fourth-order valence-electron chi connectivity index (χ4n) is 4.76. The predicted octanol–water partition coefficient (Wildman–Crippen LogP) is 3.45. The molecule has 0 amide bonds. The maximum Gasteiger partial charge on any atom is 0.355 e. The number of methoxy groups -OCH3 is 2.